The van der Waals surface area contributed by atoms with Crippen molar-refractivity contribution in [3.63, 3.8) is 0 Å². The second kappa shape index (κ2) is 12.3. The van der Waals surface area contributed by atoms with Crippen molar-refractivity contribution < 1.29 is 19.1 Å². The van der Waals surface area contributed by atoms with E-state index in [0.717, 1.165) is 35.3 Å². The van der Waals surface area contributed by atoms with Crippen molar-refractivity contribution in [2.45, 2.75) is 39.0 Å². The van der Waals surface area contributed by atoms with Gasteiger partial charge in [0.25, 0.3) is 0 Å². The molecule has 5 nitrogen and oxygen atoms in total. The van der Waals surface area contributed by atoms with Crippen molar-refractivity contribution in [1.82, 2.24) is 0 Å². The highest BCUT2D eigenvalue weighted by Crippen LogP contribution is 2.26. The molecule has 2 rings (SSSR count). The Morgan fingerprint density at radius 2 is 1.42 bits per heavy atom. The molecular formula is C26H29NO4. The second-order valence-electron chi connectivity index (χ2n) is 7.13. The van der Waals surface area contributed by atoms with E-state index in [2.05, 4.69) is 13.2 Å². The van der Waals surface area contributed by atoms with E-state index in [0.29, 0.717) is 19.3 Å². The number of carbonyl (C=O) groups is 3. The van der Waals surface area contributed by atoms with Crippen LogP contribution in [0, 0.1) is 0 Å². The molecule has 0 fully saturated rings. The van der Waals surface area contributed by atoms with Crippen molar-refractivity contribution >= 4 is 28.9 Å². The number of aryl methyl sites for hydroxylation is 1. The van der Waals surface area contributed by atoms with Gasteiger partial charge in [-0.15, -0.1) is 0 Å². The van der Waals surface area contributed by atoms with Crippen LogP contribution in [0.2, 0.25) is 0 Å². The maximum absolute atomic E-state index is 11.7. The number of nitrogens with zero attached hydrogens (tertiary/aromatic N) is 1. The molecule has 0 saturated heterocycles. The molecule has 0 bridgehead atoms. The molecule has 0 aromatic heterocycles. The summed E-state index contributed by atoms with van der Waals surface area (Å²) in [6.07, 6.45) is 5.35. The number of esters is 1. The number of allylic oxidation sites excluding steroid dienone is 2. The SMILES string of the molecule is C=CC(=O)CCCc1ccc(N(COC(=O)CC)c2ccc(CC(=O)C=C)cc2)cc1. The number of hydrogen-bond donors (Lipinski definition) is 0. The first-order valence-electron chi connectivity index (χ1n) is 10.4. The summed E-state index contributed by atoms with van der Waals surface area (Å²) in [4.78, 5) is 36.6. The van der Waals surface area contributed by atoms with Gasteiger partial charge in [-0.1, -0.05) is 44.3 Å². The first-order chi connectivity index (χ1) is 15.0. The second-order valence-corrected chi connectivity index (χ2v) is 7.13. The van der Waals surface area contributed by atoms with E-state index in [1.165, 1.54) is 12.2 Å². The number of carbonyl (C=O) groups excluding carboxylic acids is 3. The van der Waals surface area contributed by atoms with Gasteiger partial charge in [0, 0.05) is 30.6 Å². The van der Waals surface area contributed by atoms with Crippen LogP contribution in [0.4, 0.5) is 11.4 Å². The molecule has 0 aliphatic rings. The van der Waals surface area contributed by atoms with E-state index in [1.807, 2.05) is 53.4 Å². The molecule has 162 valence electrons. The fourth-order valence-corrected chi connectivity index (χ4v) is 3.02. The lowest BCUT2D eigenvalue weighted by Crippen LogP contribution is -2.23. The molecule has 0 radical (unpaired) electrons. The third-order valence-electron chi connectivity index (χ3n) is 4.86. The normalized spacial score (nSPS) is 10.2. The van der Waals surface area contributed by atoms with Crippen LogP contribution in [0.1, 0.15) is 37.3 Å². The fraction of sp³-hybridized carbons (Fsp3) is 0.269. The topological polar surface area (TPSA) is 63.7 Å². The Kier molecular flexibility index (Phi) is 9.43. The zero-order valence-corrected chi connectivity index (χ0v) is 18.0. The number of ether oxygens (including phenoxy) is 1. The van der Waals surface area contributed by atoms with Crippen LogP contribution < -0.4 is 4.90 Å². The van der Waals surface area contributed by atoms with E-state index >= 15 is 0 Å². The highest BCUT2D eigenvalue weighted by Gasteiger charge is 2.12. The van der Waals surface area contributed by atoms with E-state index in [-0.39, 0.29) is 24.3 Å². The summed E-state index contributed by atoms with van der Waals surface area (Å²) in [6, 6.07) is 15.5. The molecule has 0 amide bonds. The van der Waals surface area contributed by atoms with Gasteiger partial charge in [-0.05, 0) is 60.4 Å². The van der Waals surface area contributed by atoms with Gasteiger partial charge in [0.2, 0.25) is 0 Å². The van der Waals surface area contributed by atoms with Crippen LogP contribution in [0.15, 0.2) is 73.8 Å². The Morgan fingerprint density at radius 1 is 0.871 bits per heavy atom. The summed E-state index contributed by atoms with van der Waals surface area (Å²) in [5.41, 5.74) is 3.75. The monoisotopic (exact) mass is 419 g/mol. The van der Waals surface area contributed by atoms with Crippen LogP contribution in [-0.4, -0.2) is 24.3 Å². The Balaban J connectivity index is 2.16. The summed E-state index contributed by atoms with van der Waals surface area (Å²) < 4.78 is 5.38. The molecule has 0 heterocycles. The van der Waals surface area contributed by atoms with E-state index < -0.39 is 0 Å². The van der Waals surface area contributed by atoms with Crippen molar-refractivity contribution in [2.24, 2.45) is 0 Å². The quantitative estimate of drug-likeness (QED) is 0.256. The highest BCUT2D eigenvalue weighted by molar-refractivity contribution is 5.91. The number of anilines is 2. The predicted molar refractivity (Wildman–Crippen MR) is 123 cm³/mol. The summed E-state index contributed by atoms with van der Waals surface area (Å²) in [5, 5.41) is 0. The van der Waals surface area contributed by atoms with Crippen LogP contribution in [-0.2, 0) is 32.0 Å². The minimum atomic E-state index is -0.276. The zero-order chi connectivity index (χ0) is 22.6. The minimum Gasteiger partial charge on any atom is -0.444 e. The maximum Gasteiger partial charge on any atom is 0.307 e. The minimum absolute atomic E-state index is 0.0353. The summed E-state index contributed by atoms with van der Waals surface area (Å²) in [7, 11) is 0. The van der Waals surface area contributed by atoms with Crippen LogP contribution in [0.5, 0.6) is 0 Å². The molecule has 0 atom stereocenters. The average Bonchev–Trinajstić information content (AvgIpc) is 2.80. The number of ketones is 2. The van der Waals surface area contributed by atoms with Gasteiger partial charge in [-0.25, -0.2) is 0 Å². The standard InChI is InChI=1S/C26H29NO4/c1-4-24(28)9-7-8-20-10-14-22(15-11-20)27(19-31-26(30)6-3)23-16-12-21(13-17-23)18-25(29)5-2/h4-5,10-17H,1-2,6-9,18-19H2,3H3. The van der Waals surface area contributed by atoms with Gasteiger partial charge in [0.1, 0.15) is 0 Å². The molecule has 2 aromatic rings. The first kappa shape index (κ1) is 23.8. The zero-order valence-electron chi connectivity index (χ0n) is 18.0. The Labute approximate surface area is 184 Å². The van der Waals surface area contributed by atoms with Crippen LogP contribution in [0.25, 0.3) is 0 Å². The van der Waals surface area contributed by atoms with Gasteiger partial charge < -0.3 is 9.64 Å². The molecule has 0 aliphatic heterocycles. The molecule has 0 spiro atoms. The van der Waals surface area contributed by atoms with Crippen molar-refractivity contribution in [1.29, 1.82) is 0 Å². The molecule has 0 unspecified atom stereocenters. The third kappa shape index (κ3) is 7.70. The Bertz CT molecular complexity index is 913. The van der Waals surface area contributed by atoms with Gasteiger partial charge in [-0.2, -0.15) is 0 Å². The van der Waals surface area contributed by atoms with Crippen molar-refractivity contribution in [3.05, 3.63) is 85.0 Å². The molecule has 0 saturated carbocycles. The van der Waals surface area contributed by atoms with Gasteiger partial charge in [-0.3, -0.25) is 14.4 Å². The smallest absolute Gasteiger partial charge is 0.307 e. The van der Waals surface area contributed by atoms with Gasteiger partial charge in [0.05, 0.1) is 0 Å². The predicted octanol–water partition coefficient (Wildman–Crippen LogP) is 5.11. The average molecular weight is 420 g/mol. The van der Waals surface area contributed by atoms with Crippen molar-refractivity contribution in [2.75, 3.05) is 11.6 Å². The lowest BCUT2D eigenvalue weighted by Gasteiger charge is -2.25. The molecule has 2 aromatic carbocycles. The third-order valence-corrected chi connectivity index (χ3v) is 4.86. The molecule has 31 heavy (non-hydrogen) atoms. The Morgan fingerprint density at radius 3 is 1.94 bits per heavy atom. The lowest BCUT2D eigenvalue weighted by atomic mass is 10.1. The van der Waals surface area contributed by atoms with Gasteiger partial charge in [0.15, 0.2) is 18.3 Å². The molecule has 5 heteroatoms. The van der Waals surface area contributed by atoms with Gasteiger partial charge >= 0.3 is 5.97 Å². The largest absolute Gasteiger partial charge is 0.444 e. The van der Waals surface area contributed by atoms with E-state index in [4.69, 9.17) is 4.74 Å². The van der Waals surface area contributed by atoms with Crippen LogP contribution in [0.3, 0.4) is 0 Å². The first-order valence-corrected chi connectivity index (χ1v) is 10.4. The van der Waals surface area contributed by atoms with Crippen molar-refractivity contribution in [3.8, 4) is 0 Å². The summed E-state index contributed by atoms with van der Waals surface area (Å²) >= 11 is 0. The highest BCUT2D eigenvalue weighted by atomic mass is 16.5. The maximum atomic E-state index is 11.7. The number of rotatable bonds is 13. The summed E-state index contributed by atoms with van der Waals surface area (Å²) in [5.74, 6) is -0.257. The molecule has 0 N–H and O–H groups in total. The Hall–Kier alpha value is -3.47. The summed E-state index contributed by atoms with van der Waals surface area (Å²) in [6.45, 7) is 8.84. The number of hydrogen-bond acceptors (Lipinski definition) is 5. The van der Waals surface area contributed by atoms with E-state index in [1.54, 1.807) is 6.92 Å². The lowest BCUT2D eigenvalue weighted by molar-refractivity contribution is -0.143. The van der Waals surface area contributed by atoms with Crippen LogP contribution >= 0.6 is 0 Å². The number of benzene rings is 2. The fourth-order valence-electron chi connectivity index (χ4n) is 3.02. The molecule has 0 aliphatic carbocycles. The van der Waals surface area contributed by atoms with E-state index in [9.17, 15) is 14.4 Å². The molecular weight excluding hydrogens is 390 g/mol.